The van der Waals surface area contributed by atoms with Gasteiger partial charge in [0.15, 0.2) is 0 Å². The van der Waals surface area contributed by atoms with Crippen LogP contribution in [-0.4, -0.2) is 24.4 Å². The van der Waals surface area contributed by atoms with Crippen molar-refractivity contribution in [2.24, 2.45) is 0 Å². The zero-order chi connectivity index (χ0) is 12.7. The number of hydrogen-bond acceptors (Lipinski definition) is 0. The van der Waals surface area contributed by atoms with Gasteiger partial charge in [0.05, 0.1) is 0 Å². The molecule has 92 valence electrons. The Balaban J connectivity index is 0.000000249. The standard InChI is InChI=1S/3C6H5.Sb/c3*1-2-4-6-5-3-1;/h3*1-5H;. The molecular weight excluding hydrogens is 338 g/mol. The van der Waals surface area contributed by atoms with E-state index in [1.54, 1.807) is 0 Å². The predicted molar refractivity (Wildman–Crippen MR) is 81.6 cm³/mol. The second-order valence-electron chi connectivity index (χ2n) is 3.23. The van der Waals surface area contributed by atoms with Crippen molar-refractivity contribution < 1.29 is 0 Å². The van der Waals surface area contributed by atoms with Crippen LogP contribution in [0.3, 0.4) is 0 Å². The van der Waals surface area contributed by atoms with Gasteiger partial charge >= 0.3 is 0 Å². The smallest absolute Gasteiger partial charge is 0 e. The monoisotopic (exact) mass is 352 g/mol. The fourth-order valence-electron chi connectivity index (χ4n) is 1.03. The van der Waals surface area contributed by atoms with Crippen LogP contribution in [0, 0.1) is 18.2 Å². The molecule has 0 nitrogen and oxygen atoms in total. The van der Waals surface area contributed by atoms with E-state index in [2.05, 4.69) is 18.2 Å². The summed E-state index contributed by atoms with van der Waals surface area (Å²) in [5.41, 5.74) is 0. The largest absolute Gasteiger partial charge is 0.0622 e. The summed E-state index contributed by atoms with van der Waals surface area (Å²) in [5, 5.41) is 0. The quantitative estimate of drug-likeness (QED) is 0.535. The van der Waals surface area contributed by atoms with Crippen molar-refractivity contribution in [2.75, 3.05) is 0 Å². The van der Waals surface area contributed by atoms with E-state index in [1.165, 1.54) is 0 Å². The Bertz CT molecular complexity index is 296. The molecule has 0 fully saturated rings. The maximum absolute atomic E-state index is 2.89. The molecule has 3 rings (SSSR count). The van der Waals surface area contributed by atoms with Crippen LogP contribution in [0.25, 0.3) is 0 Å². The van der Waals surface area contributed by atoms with Crippen LogP contribution in [0.4, 0.5) is 0 Å². The Hall–Kier alpha value is -1.52. The first-order chi connectivity index (χ1) is 9.00. The first-order valence-electron chi connectivity index (χ1n) is 5.73. The fraction of sp³-hybridized carbons (Fsp3) is 0. The zero-order valence-corrected chi connectivity index (χ0v) is 13.2. The summed E-state index contributed by atoms with van der Waals surface area (Å²) in [6, 6.07) is 37.5. The van der Waals surface area contributed by atoms with Crippen LogP contribution < -0.4 is 0 Å². The Kier molecular flexibility index (Phi) is 13.4. The van der Waals surface area contributed by atoms with Gasteiger partial charge in [0.2, 0.25) is 0 Å². The summed E-state index contributed by atoms with van der Waals surface area (Å²) in [4.78, 5) is 0. The van der Waals surface area contributed by atoms with Gasteiger partial charge in [-0.25, -0.2) is 0 Å². The minimum Gasteiger partial charge on any atom is -0.0622 e. The minimum absolute atomic E-state index is 0. The third-order valence-corrected chi connectivity index (χ3v) is 1.82. The summed E-state index contributed by atoms with van der Waals surface area (Å²) < 4.78 is 0. The van der Waals surface area contributed by atoms with Crippen molar-refractivity contribution >= 4 is 24.4 Å². The summed E-state index contributed by atoms with van der Waals surface area (Å²) in [6.45, 7) is 0. The molecule has 1 heteroatoms. The summed E-state index contributed by atoms with van der Waals surface area (Å²) in [6.07, 6.45) is 0. The van der Waals surface area contributed by atoms with Crippen molar-refractivity contribution in [3.63, 3.8) is 0 Å². The molecule has 3 aromatic rings. The summed E-state index contributed by atoms with van der Waals surface area (Å²) in [5.74, 6) is 0. The van der Waals surface area contributed by atoms with Crippen LogP contribution in [0.2, 0.25) is 0 Å². The van der Waals surface area contributed by atoms with Crippen LogP contribution >= 0.6 is 0 Å². The van der Waals surface area contributed by atoms with Gasteiger partial charge < -0.3 is 0 Å². The van der Waals surface area contributed by atoms with Crippen LogP contribution in [0.15, 0.2) is 91.0 Å². The molecule has 0 aromatic heterocycles. The van der Waals surface area contributed by atoms with Crippen molar-refractivity contribution in [3.8, 4) is 0 Å². The van der Waals surface area contributed by atoms with E-state index >= 15 is 0 Å². The molecule has 0 unspecified atom stereocenters. The maximum atomic E-state index is 2.89. The molecular formula is C18H15Sb. The Labute approximate surface area is 133 Å². The molecule has 0 amide bonds. The summed E-state index contributed by atoms with van der Waals surface area (Å²) in [7, 11) is 0. The molecule has 0 heterocycles. The van der Waals surface area contributed by atoms with Crippen LogP contribution in [0.1, 0.15) is 0 Å². The van der Waals surface area contributed by atoms with Gasteiger partial charge in [-0.1, -0.05) is 91.0 Å². The molecule has 0 aliphatic heterocycles. The van der Waals surface area contributed by atoms with E-state index in [-0.39, 0.29) is 24.4 Å². The molecule has 0 bridgehead atoms. The van der Waals surface area contributed by atoms with E-state index in [9.17, 15) is 0 Å². The van der Waals surface area contributed by atoms with Crippen molar-refractivity contribution in [1.29, 1.82) is 0 Å². The second kappa shape index (κ2) is 14.5. The second-order valence-corrected chi connectivity index (χ2v) is 3.23. The van der Waals surface area contributed by atoms with Crippen molar-refractivity contribution in [3.05, 3.63) is 109 Å². The van der Waals surface area contributed by atoms with Crippen LogP contribution in [0.5, 0.6) is 0 Å². The summed E-state index contributed by atoms with van der Waals surface area (Å²) >= 11 is 0. The van der Waals surface area contributed by atoms with E-state index in [0.717, 1.165) is 0 Å². The first kappa shape index (κ1) is 17.5. The van der Waals surface area contributed by atoms with E-state index in [0.29, 0.717) is 0 Å². The molecule has 0 saturated heterocycles. The van der Waals surface area contributed by atoms with E-state index in [4.69, 9.17) is 0 Å². The van der Waals surface area contributed by atoms with E-state index < -0.39 is 0 Å². The topological polar surface area (TPSA) is 0 Å². The van der Waals surface area contributed by atoms with Gasteiger partial charge in [0.25, 0.3) is 0 Å². The van der Waals surface area contributed by atoms with Gasteiger partial charge in [0.1, 0.15) is 0 Å². The average molecular weight is 353 g/mol. The predicted octanol–water partition coefficient (Wildman–Crippen LogP) is 4.08. The molecule has 0 spiro atoms. The maximum Gasteiger partial charge on any atom is 0 e. The third-order valence-electron chi connectivity index (χ3n) is 1.82. The molecule has 0 saturated carbocycles. The molecule has 0 atom stereocenters. The van der Waals surface area contributed by atoms with Gasteiger partial charge in [-0.3, -0.25) is 0 Å². The van der Waals surface area contributed by atoms with Crippen molar-refractivity contribution in [2.45, 2.75) is 0 Å². The molecule has 0 aliphatic carbocycles. The number of rotatable bonds is 0. The minimum atomic E-state index is 0. The van der Waals surface area contributed by atoms with Gasteiger partial charge in [-0.05, 0) is 18.2 Å². The molecule has 0 aliphatic rings. The SMILES string of the molecule is [Sb].[c]1ccccc1.[c]1ccccc1.[c]1ccccc1. The molecule has 0 N–H and O–H groups in total. The van der Waals surface area contributed by atoms with E-state index in [1.807, 2.05) is 91.0 Å². The normalized spacial score (nSPS) is 7.58. The first-order valence-corrected chi connectivity index (χ1v) is 5.73. The zero-order valence-electron chi connectivity index (χ0n) is 10.6. The van der Waals surface area contributed by atoms with Crippen LogP contribution in [-0.2, 0) is 0 Å². The number of benzene rings is 3. The molecule has 6 radical (unpaired) electrons. The molecule has 19 heavy (non-hydrogen) atoms. The average Bonchev–Trinajstić information content (AvgIpc) is 2.54. The van der Waals surface area contributed by atoms with Gasteiger partial charge in [0, 0.05) is 24.4 Å². The van der Waals surface area contributed by atoms with Crippen molar-refractivity contribution in [1.82, 2.24) is 0 Å². The van der Waals surface area contributed by atoms with Gasteiger partial charge in [-0.15, -0.1) is 0 Å². The Morgan fingerprint density at radius 2 is 0.526 bits per heavy atom. The Morgan fingerprint density at radius 1 is 0.316 bits per heavy atom. The third kappa shape index (κ3) is 12.7. The van der Waals surface area contributed by atoms with Gasteiger partial charge in [-0.2, -0.15) is 0 Å². The Morgan fingerprint density at radius 3 is 0.579 bits per heavy atom. The molecule has 3 aromatic carbocycles. The fourth-order valence-corrected chi connectivity index (χ4v) is 1.03. The number of hydrogen-bond donors (Lipinski definition) is 0.